The van der Waals surface area contributed by atoms with Gasteiger partial charge in [-0.15, -0.1) is 0 Å². The molecular formula is C20H23N3O4. The van der Waals surface area contributed by atoms with Crippen molar-refractivity contribution >= 4 is 17.7 Å². The third-order valence-electron chi connectivity index (χ3n) is 6.51. The van der Waals surface area contributed by atoms with Crippen molar-refractivity contribution in [2.45, 2.75) is 44.7 Å². The number of amides is 3. The van der Waals surface area contributed by atoms with Crippen molar-refractivity contribution in [1.82, 2.24) is 15.5 Å². The van der Waals surface area contributed by atoms with Crippen LogP contribution in [0.25, 0.3) is 0 Å². The van der Waals surface area contributed by atoms with Gasteiger partial charge in [0.2, 0.25) is 11.8 Å². The number of carbonyl (C=O) groups is 3. The fourth-order valence-corrected chi connectivity index (χ4v) is 4.95. The Bertz CT molecular complexity index is 844. The monoisotopic (exact) mass is 369 g/mol. The second-order valence-electron chi connectivity index (χ2n) is 8.19. The Hall–Kier alpha value is -2.41. The number of nitrogens with zero attached hydrogens (tertiary/aromatic N) is 1. The van der Waals surface area contributed by atoms with Crippen LogP contribution in [0.15, 0.2) is 12.1 Å². The first kappa shape index (κ1) is 16.7. The molecule has 4 heterocycles. The Labute approximate surface area is 157 Å². The zero-order valence-electron chi connectivity index (χ0n) is 15.2. The van der Waals surface area contributed by atoms with Crippen molar-refractivity contribution in [3.63, 3.8) is 0 Å². The number of benzene rings is 1. The van der Waals surface area contributed by atoms with Gasteiger partial charge in [-0.05, 0) is 50.4 Å². The summed E-state index contributed by atoms with van der Waals surface area (Å²) < 4.78 is 6.08. The summed E-state index contributed by atoms with van der Waals surface area (Å²) in [5.41, 5.74) is 2.77. The van der Waals surface area contributed by atoms with Crippen LogP contribution in [0.4, 0.5) is 0 Å². The second-order valence-corrected chi connectivity index (χ2v) is 8.19. The van der Waals surface area contributed by atoms with E-state index in [4.69, 9.17) is 4.74 Å². The molecule has 7 heteroatoms. The topological polar surface area (TPSA) is 87.7 Å². The summed E-state index contributed by atoms with van der Waals surface area (Å²) in [6.45, 7) is 3.07. The molecule has 2 fully saturated rings. The van der Waals surface area contributed by atoms with Crippen molar-refractivity contribution in [2.75, 3.05) is 19.7 Å². The van der Waals surface area contributed by atoms with Gasteiger partial charge in [-0.3, -0.25) is 19.7 Å². The molecule has 3 amide bonds. The van der Waals surface area contributed by atoms with E-state index in [9.17, 15) is 14.4 Å². The Morgan fingerprint density at radius 2 is 1.96 bits per heavy atom. The summed E-state index contributed by atoms with van der Waals surface area (Å²) in [4.78, 5) is 38.6. The fourth-order valence-electron chi connectivity index (χ4n) is 4.95. The van der Waals surface area contributed by atoms with E-state index in [-0.39, 0.29) is 29.6 Å². The van der Waals surface area contributed by atoms with E-state index in [0.717, 1.165) is 54.8 Å². The van der Waals surface area contributed by atoms with Crippen LogP contribution in [0, 0.1) is 5.41 Å². The molecule has 1 spiro atoms. The fraction of sp³-hybridized carbons (Fsp3) is 0.550. The molecule has 5 rings (SSSR count). The maximum Gasteiger partial charge on any atom is 0.255 e. The van der Waals surface area contributed by atoms with Gasteiger partial charge in [0.05, 0.1) is 12.2 Å². The molecule has 2 N–H and O–H groups in total. The van der Waals surface area contributed by atoms with Gasteiger partial charge in [-0.25, -0.2) is 0 Å². The molecule has 0 aromatic heterocycles. The Morgan fingerprint density at radius 3 is 2.74 bits per heavy atom. The van der Waals surface area contributed by atoms with E-state index in [0.29, 0.717) is 19.6 Å². The summed E-state index contributed by atoms with van der Waals surface area (Å²) in [6.07, 6.45) is 3.59. The van der Waals surface area contributed by atoms with Crippen LogP contribution in [0.1, 0.15) is 47.2 Å². The minimum atomic E-state index is -0.574. The van der Waals surface area contributed by atoms with E-state index in [1.54, 1.807) is 4.90 Å². The first-order valence-electron chi connectivity index (χ1n) is 9.69. The molecule has 1 atom stereocenters. The van der Waals surface area contributed by atoms with Crippen molar-refractivity contribution < 1.29 is 19.1 Å². The minimum absolute atomic E-state index is 0.0930. The predicted octanol–water partition coefficient (Wildman–Crippen LogP) is 0.752. The quantitative estimate of drug-likeness (QED) is 0.714. The Balaban J connectivity index is 1.47. The lowest BCUT2D eigenvalue weighted by atomic mass is 9.72. The molecule has 1 aromatic carbocycles. The van der Waals surface area contributed by atoms with Crippen LogP contribution in [0.3, 0.4) is 0 Å². The molecule has 27 heavy (non-hydrogen) atoms. The van der Waals surface area contributed by atoms with Gasteiger partial charge in [0, 0.05) is 23.9 Å². The van der Waals surface area contributed by atoms with Gasteiger partial charge >= 0.3 is 0 Å². The number of hydrogen-bond donors (Lipinski definition) is 2. The highest BCUT2D eigenvalue weighted by Crippen LogP contribution is 2.44. The van der Waals surface area contributed by atoms with E-state index >= 15 is 0 Å². The molecule has 142 valence electrons. The normalized spacial score (nSPS) is 26.4. The van der Waals surface area contributed by atoms with Gasteiger partial charge in [-0.1, -0.05) is 6.07 Å². The molecule has 1 unspecified atom stereocenters. The van der Waals surface area contributed by atoms with Gasteiger partial charge in [0.1, 0.15) is 11.8 Å². The van der Waals surface area contributed by atoms with E-state index < -0.39 is 6.04 Å². The molecule has 2 saturated heterocycles. The maximum atomic E-state index is 13.3. The van der Waals surface area contributed by atoms with Crippen LogP contribution in [0.5, 0.6) is 5.75 Å². The summed E-state index contributed by atoms with van der Waals surface area (Å²) >= 11 is 0. The number of nitrogens with one attached hydrogen (secondary N) is 2. The smallest absolute Gasteiger partial charge is 0.255 e. The number of fused-ring (bicyclic) bond motifs is 3. The summed E-state index contributed by atoms with van der Waals surface area (Å²) in [7, 11) is 0. The van der Waals surface area contributed by atoms with E-state index in [1.807, 2.05) is 12.1 Å². The first-order chi connectivity index (χ1) is 13.1. The molecule has 0 aliphatic carbocycles. The van der Waals surface area contributed by atoms with Crippen LogP contribution in [-0.2, 0) is 22.6 Å². The molecule has 0 saturated carbocycles. The minimum Gasteiger partial charge on any atom is -0.493 e. The summed E-state index contributed by atoms with van der Waals surface area (Å²) in [5.74, 6) is 0.0636. The zero-order valence-corrected chi connectivity index (χ0v) is 15.2. The number of hydrogen-bond acceptors (Lipinski definition) is 5. The lowest BCUT2D eigenvalue weighted by Crippen LogP contribution is -2.52. The molecule has 1 aromatic rings. The second kappa shape index (κ2) is 6.05. The van der Waals surface area contributed by atoms with Crippen molar-refractivity contribution in [3.8, 4) is 5.75 Å². The number of imide groups is 1. The first-order valence-corrected chi connectivity index (χ1v) is 9.69. The molecular weight excluding hydrogens is 346 g/mol. The summed E-state index contributed by atoms with van der Waals surface area (Å²) in [6, 6.07) is 3.33. The predicted molar refractivity (Wildman–Crippen MR) is 96.2 cm³/mol. The number of piperidine rings is 2. The zero-order chi connectivity index (χ0) is 18.6. The Kier molecular flexibility index (Phi) is 3.75. The van der Waals surface area contributed by atoms with E-state index in [1.165, 1.54) is 0 Å². The van der Waals surface area contributed by atoms with Gasteiger partial charge in [0.15, 0.2) is 0 Å². The third-order valence-corrected chi connectivity index (χ3v) is 6.51. The molecule has 4 aliphatic heterocycles. The highest BCUT2D eigenvalue weighted by atomic mass is 16.5. The lowest BCUT2D eigenvalue weighted by Gasteiger charge is -2.41. The van der Waals surface area contributed by atoms with E-state index in [2.05, 4.69) is 10.6 Å². The molecule has 4 aliphatic rings. The average Bonchev–Trinajstić information content (AvgIpc) is 2.99. The van der Waals surface area contributed by atoms with Crippen LogP contribution >= 0.6 is 0 Å². The van der Waals surface area contributed by atoms with Crippen molar-refractivity contribution in [2.24, 2.45) is 5.41 Å². The lowest BCUT2D eigenvalue weighted by molar-refractivity contribution is -0.136. The largest absolute Gasteiger partial charge is 0.493 e. The average molecular weight is 369 g/mol. The highest BCUT2D eigenvalue weighted by Gasteiger charge is 2.44. The van der Waals surface area contributed by atoms with Crippen molar-refractivity contribution in [1.29, 1.82) is 0 Å². The third kappa shape index (κ3) is 2.64. The van der Waals surface area contributed by atoms with Gasteiger partial charge in [-0.2, -0.15) is 0 Å². The van der Waals surface area contributed by atoms with Crippen LogP contribution in [0.2, 0.25) is 0 Å². The van der Waals surface area contributed by atoms with Crippen LogP contribution < -0.4 is 15.4 Å². The number of carbonyl (C=O) groups excluding carboxylic acids is 3. The van der Waals surface area contributed by atoms with Gasteiger partial charge in [0.25, 0.3) is 5.91 Å². The SMILES string of the molecule is O=C1CCC(N2Cc3ccc4c(c3C2=O)CC2(CCNCC2)CO4)C(=O)N1. The van der Waals surface area contributed by atoms with Crippen molar-refractivity contribution in [3.05, 3.63) is 28.8 Å². The van der Waals surface area contributed by atoms with Gasteiger partial charge < -0.3 is 15.0 Å². The molecule has 0 bridgehead atoms. The maximum absolute atomic E-state index is 13.3. The molecule has 7 nitrogen and oxygen atoms in total. The standard InChI is InChI=1S/C20H23N3O4/c24-16-4-2-14(18(25)22-16)23-10-12-1-3-15-13(17(12)19(23)26)9-20(11-27-15)5-7-21-8-6-20/h1,3,14,21H,2,4-11H2,(H,22,24,25). The summed E-state index contributed by atoms with van der Waals surface area (Å²) in [5, 5.41) is 5.76. The molecule has 0 radical (unpaired) electrons. The Morgan fingerprint density at radius 1 is 1.15 bits per heavy atom. The van der Waals surface area contributed by atoms with Crippen LogP contribution in [-0.4, -0.2) is 48.4 Å². The number of ether oxygens (including phenoxy) is 1. The highest BCUT2D eigenvalue weighted by molar-refractivity contribution is 6.06. The number of rotatable bonds is 1.